The zero-order chi connectivity index (χ0) is 11.9. The zero-order valence-electron chi connectivity index (χ0n) is 10.2. The molecule has 0 heterocycles. The number of ether oxygens (including phenoxy) is 1. The summed E-state index contributed by atoms with van der Waals surface area (Å²) in [7, 11) is 1.47. The number of halogens is 1. The van der Waals surface area contributed by atoms with Crippen LogP contribution in [0, 0.1) is 0 Å². The van der Waals surface area contributed by atoms with Crippen molar-refractivity contribution in [3.8, 4) is 0 Å². The van der Waals surface area contributed by atoms with Gasteiger partial charge in [-0.2, -0.15) is 12.7 Å². The molecule has 6 nitrogen and oxygen atoms in total. The Morgan fingerprint density at radius 1 is 1.44 bits per heavy atom. The molecule has 100 valence electrons. The maximum Gasteiger partial charge on any atom is 0.279 e. The Morgan fingerprint density at radius 2 is 2.00 bits per heavy atom. The molecule has 2 N–H and O–H groups in total. The monoisotopic (exact) mass is 275 g/mol. The van der Waals surface area contributed by atoms with Crippen LogP contribution in [0.5, 0.6) is 0 Å². The SMILES string of the molecule is CNC(C)CNS(=O)(=O)N(C)CCOC.Cl. The Hall–Kier alpha value is 0.0800. The van der Waals surface area contributed by atoms with E-state index < -0.39 is 10.2 Å². The molecule has 16 heavy (non-hydrogen) atoms. The summed E-state index contributed by atoms with van der Waals surface area (Å²) < 4.78 is 31.7. The molecular formula is C8H22ClN3O3S. The average Bonchev–Trinajstić information content (AvgIpc) is 2.22. The van der Waals surface area contributed by atoms with Crippen LogP contribution in [0.1, 0.15) is 6.92 Å². The van der Waals surface area contributed by atoms with Gasteiger partial charge in [0.15, 0.2) is 0 Å². The molecule has 8 heteroatoms. The fourth-order valence-corrected chi connectivity index (χ4v) is 1.78. The van der Waals surface area contributed by atoms with Crippen molar-refractivity contribution in [1.82, 2.24) is 14.3 Å². The topological polar surface area (TPSA) is 70.7 Å². The summed E-state index contributed by atoms with van der Waals surface area (Å²) in [6.07, 6.45) is 0. The van der Waals surface area contributed by atoms with Crippen molar-refractivity contribution in [2.45, 2.75) is 13.0 Å². The molecule has 0 amide bonds. The summed E-state index contributed by atoms with van der Waals surface area (Å²) in [4.78, 5) is 0. The van der Waals surface area contributed by atoms with Gasteiger partial charge in [-0.05, 0) is 14.0 Å². The van der Waals surface area contributed by atoms with Gasteiger partial charge >= 0.3 is 0 Å². The first-order valence-electron chi connectivity index (χ1n) is 4.81. The van der Waals surface area contributed by atoms with Gasteiger partial charge in [0.2, 0.25) is 0 Å². The highest BCUT2D eigenvalue weighted by Gasteiger charge is 2.16. The van der Waals surface area contributed by atoms with E-state index in [1.165, 1.54) is 18.5 Å². The molecule has 0 aromatic heterocycles. The molecule has 0 aliphatic carbocycles. The van der Waals surface area contributed by atoms with Gasteiger partial charge < -0.3 is 10.1 Å². The van der Waals surface area contributed by atoms with E-state index in [0.29, 0.717) is 19.7 Å². The van der Waals surface area contributed by atoms with Crippen LogP contribution in [0.25, 0.3) is 0 Å². The number of nitrogens with one attached hydrogen (secondary N) is 2. The Balaban J connectivity index is 0. The lowest BCUT2D eigenvalue weighted by Crippen LogP contribution is -2.44. The highest BCUT2D eigenvalue weighted by Crippen LogP contribution is 1.93. The fraction of sp³-hybridized carbons (Fsp3) is 1.00. The van der Waals surface area contributed by atoms with Crippen molar-refractivity contribution < 1.29 is 13.2 Å². The molecule has 0 aliphatic heterocycles. The summed E-state index contributed by atoms with van der Waals surface area (Å²) in [6.45, 7) is 3.01. The first-order chi connectivity index (χ1) is 6.94. The van der Waals surface area contributed by atoms with Crippen LogP contribution in [0.2, 0.25) is 0 Å². The number of nitrogens with zero attached hydrogens (tertiary/aromatic N) is 1. The lowest BCUT2D eigenvalue weighted by molar-refractivity contribution is 0.184. The molecule has 0 rings (SSSR count). The van der Waals surface area contributed by atoms with Gasteiger partial charge in [0.25, 0.3) is 10.2 Å². The van der Waals surface area contributed by atoms with E-state index >= 15 is 0 Å². The van der Waals surface area contributed by atoms with Crippen molar-refractivity contribution in [3.63, 3.8) is 0 Å². The van der Waals surface area contributed by atoms with Crippen LogP contribution >= 0.6 is 12.4 Å². The van der Waals surface area contributed by atoms with E-state index in [-0.39, 0.29) is 18.4 Å². The highest BCUT2D eigenvalue weighted by atomic mass is 35.5. The maximum absolute atomic E-state index is 11.6. The molecular weight excluding hydrogens is 254 g/mol. The highest BCUT2D eigenvalue weighted by molar-refractivity contribution is 7.87. The largest absolute Gasteiger partial charge is 0.383 e. The third-order valence-electron chi connectivity index (χ3n) is 2.09. The van der Waals surface area contributed by atoms with Crippen molar-refractivity contribution in [2.24, 2.45) is 0 Å². The van der Waals surface area contributed by atoms with Crippen LogP contribution in [0.15, 0.2) is 0 Å². The zero-order valence-corrected chi connectivity index (χ0v) is 11.8. The Kier molecular flexibility index (Phi) is 10.5. The van der Waals surface area contributed by atoms with E-state index in [2.05, 4.69) is 10.0 Å². The summed E-state index contributed by atoms with van der Waals surface area (Å²) in [5.74, 6) is 0. The van der Waals surface area contributed by atoms with E-state index in [0.717, 1.165) is 0 Å². The minimum absolute atomic E-state index is 0. The molecule has 0 saturated carbocycles. The second-order valence-corrected chi connectivity index (χ2v) is 5.22. The lowest BCUT2D eigenvalue weighted by atomic mass is 10.4. The first-order valence-corrected chi connectivity index (χ1v) is 6.25. The predicted octanol–water partition coefficient (Wildman–Crippen LogP) is -0.571. The van der Waals surface area contributed by atoms with Gasteiger partial charge in [0.05, 0.1) is 6.61 Å². The van der Waals surface area contributed by atoms with Crippen molar-refractivity contribution in [2.75, 3.05) is 40.9 Å². The summed E-state index contributed by atoms with van der Waals surface area (Å²) in [6, 6.07) is 0.107. The number of methoxy groups -OCH3 is 1. The normalized spacial score (nSPS) is 13.6. The number of rotatable bonds is 8. The fourth-order valence-electron chi connectivity index (χ4n) is 0.783. The van der Waals surface area contributed by atoms with E-state index in [1.807, 2.05) is 6.92 Å². The van der Waals surface area contributed by atoms with Crippen molar-refractivity contribution in [1.29, 1.82) is 0 Å². The number of hydrogen-bond donors (Lipinski definition) is 2. The third-order valence-corrected chi connectivity index (χ3v) is 3.62. The molecule has 0 radical (unpaired) electrons. The molecule has 0 aromatic carbocycles. The van der Waals surface area contributed by atoms with Gasteiger partial charge in [0.1, 0.15) is 0 Å². The molecule has 0 aromatic rings. The van der Waals surface area contributed by atoms with Gasteiger partial charge in [-0.15, -0.1) is 12.4 Å². The van der Waals surface area contributed by atoms with Gasteiger partial charge in [-0.3, -0.25) is 0 Å². The second kappa shape index (κ2) is 9.15. The van der Waals surface area contributed by atoms with E-state index in [4.69, 9.17) is 4.74 Å². The van der Waals surface area contributed by atoms with Crippen LogP contribution in [-0.4, -0.2) is 59.7 Å². The molecule has 1 unspecified atom stereocenters. The smallest absolute Gasteiger partial charge is 0.279 e. The minimum Gasteiger partial charge on any atom is -0.383 e. The van der Waals surface area contributed by atoms with E-state index in [9.17, 15) is 8.42 Å². The predicted molar refractivity (Wildman–Crippen MR) is 67.2 cm³/mol. The molecule has 0 bridgehead atoms. The van der Waals surface area contributed by atoms with Crippen molar-refractivity contribution in [3.05, 3.63) is 0 Å². The maximum atomic E-state index is 11.6. The molecule has 0 fully saturated rings. The summed E-state index contributed by atoms with van der Waals surface area (Å²) >= 11 is 0. The van der Waals surface area contributed by atoms with Crippen LogP contribution in [-0.2, 0) is 14.9 Å². The summed E-state index contributed by atoms with van der Waals surface area (Å²) in [5.41, 5.74) is 0. The molecule has 1 atom stereocenters. The number of hydrogen-bond acceptors (Lipinski definition) is 4. The molecule has 0 saturated heterocycles. The van der Waals surface area contributed by atoms with Gasteiger partial charge in [-0.25, -0.2) is 4.72 Å². The van der Waals surface area contributed by atoms with Crippen LogP contribution in [0.4, 0.5) is 0 Å². The van der Waals surface area contributed by atoms with Gasteiger partial charge in [0, 0.05) is 33.3 Å². The average molecular weight is 276 g/mol. The minimum atomic E-state index is -3.37. The summed E-state index contributed by atoms with van der Waals surface area (Å²) in [5, 5.41) is 2.95. The standard InChI is InChI=1S/C8H21N3O3S.ClH/c1-8(9-2)7-10-15(12,13)11(3)5-6-14-4;/h8-10H,5-7H2,1-4H3;1H. The third kappa shape index (κ3) is 7.37. The van der Waals surface area contributed by atoms with Gasteiger partial charge in [-0.1, -0.05) is 0 Å². The van der Waals surface area contributed by atoms with Crippen LogP contribution < -0.4 is 10.0 Å². The Bertz CT molecular complexity index is 261. The van der Waals surface area contributed by atoms with E-state index in [1.54, 1.807) is 7.05 Å². The van der Waals surface area contributed by atoms with Crippen molar-refractivity contribution >= 4 is 22.6 Å². The Labute approximate surface area is 104 Å². The first kappa shape index (κ1) is 18.4. The molecule has 0 spiro atoms. The molecule has 0 aliphatic rings. The lowest BCUT2D eigenvalue weighted by Gasteiger charge is -2.18. The number of likely N-dealkylation sites (N-methyl/N-ethyl adjacent to an activating group) is 2. The quantitative estimate of drug-likeness (QED) is 0.622. The second-order valence-electron chi connectivity index (χ2n) is 3.36. The van der Waals surface area contributed by atoms with Crippen LogP contribution in [0.3, 0.4) is 0 Å². The Morgan fingerprint density at radius 3 is 2.44 bits per heavy atom.